The zero-order valence-electron chi connectivity index (χ0n) is 18.3. The van der Waals surface area contributed by atoms with E-state index in [1.165, 1.54) is 36.4 Å². The lowest BCUT2D eigenvalue weighted by molar-refractivity contribution is -0.274. The third-order valence-corrected chi connectivity index (χ3v) is 4.87. The number of aliphatic hydroxyl groups is 1. The van der Waals surface area contributed by atoms with Gasteiger partial charge in [-0.05, 0) is 36.4 Å². The third-order valence-electron chi connectivity index (χ3n) is 4.87. The van der Waals surface area contributed by atoms with Gasteiger partial charge in [-0.2, -0.15) is 4.98 Å². The van der Waals surface area contributed by atoms with Crippen molar-refractivity contribution in [2.45, 2.75) is 18.6 Å². The van der Waals surface area contributed by atoms with Gasteiger partial charge >= 0.3 is 12.4 Å². The van der Waals surface area contributed by atoms with E-state index in [1.54, 1.807) is 0 Å². The van der Waals surface area contributed by atoms with Gasteiger partial charge in [-0.3, -0.25) is 14.1 Å². The quantitative estimate of drug-likeness (QED) is 0.383. The fraction of sp³-hybridized carbons (Fsp3) is 0.238. The molecule has 0 radical (unpaired) electrons. The van der Waals surface area contributed by atoms with Gasteiger partial charge in [0, 0.05) is 29.5 Å². The van der Waals surface area contributed by atoms with Crippen LogP contribution in [0, 0.1) is 0 Å². The molecule has 15 heteroatoms. The minimum atomic E-state index is -4.91. The molecule has 36 heavy (non-hydrogen) atoms. The van der Waals surface area contributed by atoms with Crippen molar-refractivity contribution in [2.75, 3.05) is 23.4 Å². The van der Waals surface area contributed by atoms with E-state index in [-0.39, 0.29) is 36.5 Å². The van der Waals surface area contributed by atoms with Gasteiger partial charge in [-0.15, -0.1) is 13.2 Å². The normalized spacial score (nSPS) is 16.7. The second-order valence-electron chi connectivity index (χ2n) is 7.24. The minimum Gasteiger partial charge on any atom is -0.464 e. The number of benzene rings is 2. The Balaban J connectivity index is 0.00000361. The SMILES string of the molecule is N.O=C(Nc1ccc(-c2noc(O)n2)cc1)[C@H](O)[C@H]1OCCN(c2cccc(OC(F)(F)F)c2)C1=O. The summed E-state index contributed by atoms with van der Waals surface area (Å²) in [4.78, 5) is 30.2. The Kier molecular flexibility index (Phi) is 7.77. The summed E-state index contributed by atoms with van der Waals surface area (Å²) < 4.78 is 51.2. The number of halogens is 3. The average molecular weight is 511 g/mol. The molecule has 1 fully saturated rings. The Bertz CT molecular complexity index is 1220. The van der Waals surface area contributed by atoms with Crippen LogP contribution in [0.4, 0.5) is 24.5 Å². The first-order valence-corrected chi connectivity index (χ1v) is 10.0. The highest BCUT2D eigenvalue weighted by Gasteiger charge is 2.39. The van der Waals surface area contributed by atoms with Crippen LogP contribution < -0.4 is 21.1 Å². The molecule has 0 aliphatic carbocycles. The Hall–Kier alpha value is -4.21. The molecule has 2 amide bonds. The molecule has 2 aromatic carbocycles. The summed E-state index contributed by atoms with van der Waals surface area (Å²) in [5.74, 6) is -2.16. The topological polar surface area (TPSA) is 182 Å². The van der Waals surface area contributed by atoms with Crippen LogP contribution in [0.2, 0.25) is 0 Å². The molecule has 1 aromatic heterocycles. The molecule has 2 heterocycles. The molecule has 1 aliphatic rings. The van der Waals surface area contributed by atoms with Crippen molar-refractivity contribution in [3.8, 4) is 23.2 Å². The minimum absolute atomic E-state index is 0. The number of rotatable bonds is 6. The molecule has 192 valence electrons. The Morgan fingerprint density at radius 2 is 1.94 bits per heavy atom. The largest absolute Gasteiger partial charge is 0.573 e. The molecule has 4 rings (SSSR count). The first-order valence-electron chi connectivity index (χ1n) is 10.0. The summed E-state index contributed by atoms with van der Waals surface area (Å²) in [6.07, 6.45) is -9.01. The van der Waals surface area contributed by atoms with Crippen LogP contribution in [0.15, 0.2) is 53.1 Å². The highest BCUT2D eigenvalue weighted by atomic mass is 19.4. The van der Waals surface area contributed by atoms with Crippen molar-refractivity contribution >= 4 is 23.2 Å². The van der Waals surface area contributed by atoms with E-state index in [2.05, 4.69) is 24.7 Å². The van der Waals surface area contributed by atoms with E-state index in [4.69, 9.17) is 9.84 Å². The van der Waals surface area contributed by atoms with E-state index in [1.807, 2.05) is 0 Å². The molecule has 3 aromatic rings. The molecular weight excluding hydrogens is 491 g/mol. The Labute approximate surface area is 200 Å². The van der Waals surface area contributed by atoms with Crippen molar-refractivity contribution in [2.24, 2.45) is 0 Å². The van der Waals surface area contributed by atoms with Crippen molar-refractivity contribution in [3.05, 3.63) is 48.5 Å². The van der Waals surface area contributed by atoms with Crippen LogP contribution in [0.25, 0.3) is 11.4 Å². The summed E-state index contributed by atoms with van der Waals surface area (Å²) in [6.45, 7) is -0.0798. The van der Waals surface area contributed by atoms with Gasteiger partial charge in [0.25, 0.3) is 11.8 Å². The van der Waals surface area contributed by atoms with Crippen molar-refractivity contribution in [1.82, 2.24) is 16.3 Å². The third kappa shape index (κ3) is 6.07. The van der Waals surface area contributed by atoms with Crippen LogP contribution in [0.3, 0.4) is 0 Å². The number of aliphatic hydroxyl groups excluding tert-OH is 1. The number of ether oxygens (including phenoxy) is 2. The molecule has 0 bridgehead atoms. The highest BCUT2D eigenvalue weighted by Crippen LogP contribution is 2.28. The lowest BCUT2D eigenvalue weighted by Gasteiger charge is -2.34. The van der Waals surface area contributed by atoms with Crippen LogP contribution in [0.5, 0.6) is 11.8 Å². The fourth-order valence-corrected chi connectivity index (χ4v) is 3.33. The first kappa shape index (κ1) is 26.4. The van der Waals surface area contributed by atoms with Crippen LogP contribution in [-0.4, -0.2) is 63.9 Å². The van der Waals surface area contributed by atoms with E-state index in [0.29, 0.717) is 5.56 Å². The number of amides is 2. The average Bonchev–Trinajstić information content (AvgIpc) is 3.24. The first-order chi connectivity index (χ1) is 16.6. The zero-order valence-corrected chi connectivity index (χ0v) is 18.3. The number of hydrogen-bond acceptors (Lipinski definition) is 10. The lowest BCUT2D eigenvalue weighted by atomic mass is 10.1. The number of morpholine rings is 1. The summed E-state index contributed by atoms with van der Waals surface area (Å²) in [6, 6.07) is 10.7. The smallest absolute Gasteiger partial charge is 0.464 e. The predicted molar refractivity (Wildman–Crippen MR) is 116 cm³/mol. The van der Waals surface area contributed by atoms with E-state index < -0.39 is 42.2 Å². The monoisotopic (exact) mass is 511 g/mol. The number of nitrogens with one attached hydrogen (secondary N) is 1. The predicted octanol–water partition coefficient (Wildman–Crippen LogP) is 2.23. The standard InChI is InChI=1S/C21H17F3N4O7.H3N/c22-21(23,24)34-14-3-1-2-13(10-14)28-8-9-33-16(19(28)31)15(29)18(30)25-12-6-4-11(5-7-12)17-26-20(32)35-27-17;/h1-7,10,15-16,29H,8-9H2,(H,25,30)(H,26,27,32);1H3/t15-,16-;/m1./s1. The van der Waals surface area contributed by atoms with Gasteiger partial charge in [-0.25, -0.2) is 0 Å². The Morgan fingerprint density at radius 1 is 1.22 bits per heavy atom. The summed E-state index contributed by atoms with van der Waals surface area (Å²) in [5, 5.41) is 25.6. The maximum atomic E-state index is 12.9. The van der Waals surface area contributed by atoms with Crippen molar-refractivity contribution in [1.29, 1.82) is 0 Å². The summed E-state index contributed by atoms with van der Waals surface area (Å²) >= 11 is 0. The molecule has 0 spiro atoms. The molecule has 12 nitrogen and oxygen atoms in total. The summed E-state index contributed by atoms with van der Waals surface area (Å²) in [7, 11) is 0. The van der Waals surface area contributed by atoms with Gasteiger partial charge in [0.15, 0.2) is 12.2 Å². The molecule has 0 saturated carbocycles. The van der Waals surface area contributed by atoms with Crippen LogP contribution in [0.1, 0.15) is 0 Å². The Morgan fingerprint density at radius 3 is 2.58 bits per heavy atom. The van der Waals surface area contributed by atoms with E-state index in [0.717, 1.165) is 17.0 Å². The second kappa shape index (κ2) is 10.6. The molecule has 1 saturated heterocycles. The maximum Gasteiger partial charge on any atom is 0.573 e. The van der Waals surface area contributed by atoms with Crippen molar-refractivity contribution < 1.29 is 47.0 Å². The van der Waals surface area contributed by atoms with Gasteiger partial charge < -0.3 is 36.1 Å². The van der Waals surface area contributed by atoms with Crippen molar-refractivity contribution in [3.63, 3.8) is 0 Å². The molecule has 1 aliphatic heterocycles. The number of carbonyl (C=O) groups is 2. The van der Waals surface area contributed by atoms with Gasteiger partial charge in [0.1, 0.15) is 5.75 Å². The van der Waals surface area contributed by atoms with Gasteiger partial charge in [-0.1, -0.05) is 11.2 Å². The van der Waals surface area contributed by atoms with E-state index >= 15 is 0 Å². The van der Waals surface area contributed by atoms with Gasteiger partial charge in [0.2, 0.25) is 5.82 Å². The van der Waals surface area contributed by atoms with Gasteiger partial charge in [0.05, 0.1) is 6.61 Å². The number of anilines is 2. The number of nitrogens with zero attached hydrogens (tertiary/aromatic N) is 3. The number of hydrogen-bond donors (Lipinski definition) is 4. The lowest BCUT2D eigenvalue weighted by Crippen LogP contribution is -2.55. The zero-order chi connectivity index (χ0) is 25.2. The maximum absolute atomic E-state index is 12.9. The highest BCUT2D eigenvalue weighted by molar-refractivity contribution is 6.03. The molecule has 6 N–H and O–H groups in total. The van der Waals surface area contributed by atoms with Crippen LogP contribution >= 0.6 is 0 Å². The van der Waals surface area contributed by atoms with Crippen LogP contribution in [-0.2, 0) is 14.3 Å². The van der Waals surface area contributed by atoms with E-state index in [9.17, 15) is 27.9 Å². The second-order valence-corrected chi connectivity index (χ2v) is 7.24. The molecular formula is C21H20F3N5O7. The number of aromatic hydroxyl groups is 1. The number of alkyl halides is 3. The number of aromatic nitrogens is 2. The molecule has 0 unspecified atom stereocenters. The molecule has 2 atom stereocenters. The number of carbonyl (C=O) groups excluding carboxylic acids is 2. The fourth-order valence-electron chi connectivity index (χ4n) is 3.33. The summed E-state index contributed by atoms with van der Waals surface area (Å²) in [5.41, 5.74) is 0.828.